The zero-order chi connectivity index (χ0) is 21.4. The highest BCUT2D eigenvalue weighted by Gasteiger charge is 2.34. The molecule has 1 amide bonds. The van der Waals surface area contributed by atoms with E-state index in [4.69, 9.17) is 15.2 Å². The van der Waals surface area contributed by atoms with Gasteiger partial charge in [0.2, 0.25) is 5.91 Å². The third-order valence-electron chi connectivity index (χ3n) is 5.97. The van der Waals surface area contributed by atoms with Crippen LogP contribution in [-0.4, -0.2) is 30.2 Å². The van der Waals surface area contributed by atoms with Crippen LogP contribution in [0.3, 0.4) is 0 Å². The normalized spacial score (nSPS) is 15.2. The Balaban J connectivity index is 1.88. The lowest BCUT2D eigenvalue weighted by atomic mass is 9.99. The average Bonchev–Trinajstić information content (AvgIpc) is 3.28. The molecule has 0 radical (unpaired) electrons. The summed E-state index contributed by atoms with van der Waals surface area (Å²) in [6, 6.07) is 12.2. The highest BCUT2D eigenvalue weighted by molar-refractivity contribution is 5.97. The van der Waals surface area contributed by atoms with Crippen LogP contribution in [0.5, 0.6) is 5.75 Å². The average molecular weight is 406 g/mol. The number of ether oxygens (including phenoxy) is 2. The van der Waals surface area contributed by atoms with Gasteiger partial charge in [0.05, 0.1) is 18.5 Å². The highest BCUT2D eigenvalue weighted by Crippen LogP contribution is 2.44. The number of benzene rings is 2. The second kappa shape index (κ2) is 7.86. The smallest absolute Gasteiger partial charge is 0.343 e. The van der Waals surface area contributed by atoms with Gasteiger partial charge in [-0.15, -0.1) is 0 Å². The summed E-state index contributed by atoms with van der Waals surface area (Å²) in [6.07, 6.45) is 1.47. The van der Waals surface area contributed by atoms with Crippen molar-refractivity contribution in [3.8, 4) is 5.75 Å². The lowest BCUT2D eigenvalue weighted by Gasteiger charge is -2.14. The van der Waals surface area contributed by atoms with E-state index in [2.05, 4.69) is 36.6 Å². The largest absolute Gasteiger partial charge is 0.481 e. The Labute approximate surface area is 175 Å². The first-order chi connectivity index (χ1) is 14.4. The SMILES string of the molecule is COC(=O)COc1cccc2c1c1c(n2Cc2cc(C)ccc2C)CCC1C(N)=O. The van der Waals surface area contributed by atoms with Crippen molar-refractivity contribution in [1.29, 1.82) is 0 Å². The molecule has 1 aliphatic rings. The van der Waals surface area contributed by atoms with Gasteiger partial charge in [-0.1, -0.05) is 29.8 Å². The van der Waals surface area contributed by atoms with Crippen molar-refractivity contribution in [1.82, 2.24) is 4.57 Å². The second-order valence-electron chi connectivity index (χ2n) is 7.89. The Hall–Kier alpha value is -3.28. The van der Waals surface area contributed by atoms with Gasteiger partial charge in [0.25, 0.3) is 0 Å². The zero-order valence-corrected chi connectivity index (χ0v) is 17.5. The predicted octanol–water partition coefficient (Wildman–Crippen LogP) is 3.37. The number of hydrogen-bond acceptors (Lipinski definition) is 4. The molecule has 1 aliphatic carbocycles. The van der Waals surface area contributed by atoms with Crippen molar-refractivity contribution >= 4 is 22.8 Å². The van der Waals surface area contributed by atoms with Crippen LogP contribution in [0.25, 0.3) is 10.9 Å². The Morgan fingerprint density at radius 1 is 1.20 bits per heavy atom. The van der Waals surface area contributed by atoms with E-state index in [1.807, 2.05) is 18.2 Å². The molecule has 0 spiro atoms. The Kier molecular flexibility index (Phi) is 5.24. The van der Waals surface area contributed by atoms with Gasteiger partial charge < -0.3 is 19.8 Å². The number of nitrogens with two attached hydrogens (primary N) is 1. The van der Waals surface area contributed by atoms with E-state index >= 15 is 0 Å². The van der Waals surface area contributed by atoms with E-state index in [-0.39, 0.29) is 18.4 Å². The van der Waals surface area contributed by atoms with Gasteiger partial charge in [0.15, 0.2) is 6.61 Å². The number of aromatic nitrogens is 1. The molecule has 0 fully saturated rings. The summed E-state index contributed by atoms with van der Waals surface area (Å²) < 4.78 is 12.8. The number of esters is 1. The number of methoxy groups -OCH3 is 1. The van der Waals surface area contributed by atoms with Crippen molar-refractivity contribution in [2.24, 2.45) is 5.73 Å². The molecule has 0 saturated heterocycles. The van der Waals surface area contributed by atoms with Gasteiger partial charge >= 0.3 is 5.97 Å². The number of fused-ring (bicyclic) bond motifs is 3. The van der Waals surface area contributed by atoms with Crippen LogP contribution in [0, 0.1) is 13.8 Å². The van der Waals surface area contributed by atoms with Crippen LogP contribution in [0.1, 0.15) is 40.3 Å². The van der Waals surface area contributed by atoms with Crippen LogP contribution < -0.4 is 10.5 Å². The minimum Gasteiger partial charge on any atom is -0.481 e. The van der Waals surface area contributed by atoms with Crippen molar-refractivity contribution in [3.63, 3.8) is 0 Å². The number of aryl methyl sites for hydroxylation is 2. The molecule has 0 saturated carbocycles. The molecule has 1 unspecified atom stereocenters. The number of carbonyl (C=O) groups excluding carboxylic acids is 2. The van der Waals surface area contributed by atoms with Crippen molar-refractivity contribution in [3.05, 3.63) is 64.3 Å². The minimum atomic E-state index is -0.454. The maximum Gasteiger partial charge on any atom is 0.343 e. The monoisotopic (exact) mass is 406 g/mol. The molecule has 2 aromatic carbocycles. The highest BCUT2D eigenvalue weighted by atomic mass is 16.6. The van der Waals surface area contributed by atoms with Crippen LogP contribution >= 0.6 is 0 Å². The molecular formula is C24H26N2O4. The van der Waals surface area contributed by atoms with Gasteiger partial charge in [-0.2, -0.15) is 0 Å². The summed E-state index contributed by atoms with van der Waals surface area (Å²) in [6.45, 7) is 4.71. The Morgan fingerprint density at radius 2 is 2.00 bits per heavy atom. The molecule has 1 atom stereocenters. The van der Waals surface area contributed by atoms with Gasteiger partial charge in [0, 0.05) is 17.6 Å². The van der Waals surface area contributed by atoms with E-state index in [0.717, 1.165) is 28.6 Å². The molecule has 30 heavy (non-hydrogen) atoms. The lowest BCUT2D eigenvalue weighted by molar-refractivity contribution is -0.142. The molecule has 4 rings (SSSR count). The number of hydrogen-bond donors (Lipinski definition) is 1. The third kappa shape index (κ3) is 3.43. The fourth-order valence-corrected chi connectivity index (χ4v) is 4.44. The summed E-state index contributed by atoms with van der Waals surface area (Å²) in [5, 5.41) is 0.864. The Bertz CT molecular complexity index is 1150. The molecule has 1 heterocycles. The number of primary amides is 1. The fourth-order valence-electron chi connectivity index (χ4n) is 4.44. The van der Waals surface area contributed by atoms with E-state index in [1.165, 1.54) is 23.8 Å². The molecule has 1 aromatic heterocycles. The summed E-state index contributed by atoms with van der Waals surface area (Å²) in [5.74, 6) is -0.570. The number of carbonyl (C=O) groups is 2. The summed E-state index contributed by atoms with van der Waals surface area (Å²) in [5.41, 5.74) is 12.4. The molecule has 6 heteroatoms. The molecular weight excluding hydrogens is 380 g/mol. The molecule has 0 bridgehead atoms. The summed E-state index contributed by atoms with van der Waals surface area (Å²) in [7, 11) is 1.33. The van der Waals surface area contributed by atoms with Crippen LogP contribution in [0.15, 0.2) is 36.4 Å². The first-order valence-corrected chi connectivity index (χ1v) is 10.1. The number of nitrogens with zero attached hydrogens (tertiary/aromatic N) is 1. The van der Waals surface area contributed by atoms with Gasteiger partial charge in [-0.25, -0.2) is 4.79 Å². The number of amides is 1. The van der Waals surface area contributed by atoms with Crippen LogP contribution in [-0.2, 0) is 27.3 Å². The van der Waals surface area contributed by atoms with E-state index in [9.17, 15) is 9.59 Å². The maximum absolute atomic E-state index is 12.2. The van der Waals surface area contributed by atoms with E-state index < -0.39 is 5.97 Å². The van der Waals surface area contributed by atoms with Crippen molar-refractivity contribution in [2.45, 2.75) is 39.2 Å². The maximum atomic E-state index is 12.2. The van der Waals surface area contributed by atoms with Crippen LogP contribution in [0.2, 0.25) is 0 Å². The second-order valence-corrected chi connectivity index (χ2v) is 7.89. The molecule has 2 N–H and O–H groups in total. The summed E-state index contributed by atoms with van der Waals surface area (Å²) in [4.78, 5) is 23.8. The lowest BCUT2D eigenvalue weighted by Crippen LogP contribution is -2.19. The third-order valence-corrected chi connectivity index (χ3v) is 5.97. The molecule has 156 valence electrons. The van der Waals surface area contributed by atoms with Gasteiger partial charge in [0.1, 0.15) is 5.75 Å². The molecule has 3 aromatic rings. The first-order valence-electron chi connectivity index (χ1n) is 10.1. The first kappa shape index (κ1) is 20.0. The van der Waals surface area contributed by atoms with Gasteiger partial charge in [-0.05, 0) is 55.5 Å². The molecule has 6 nitrogen and oxygen atoms in total. The van der Waals surface area contributed by atoms with Crippen LogP contribution in [0.4, 0.5) is 0 Å². The quantitative estimate of drug-likeness (QED) is 0.636. The molecule has 0 aliphatic heterocycles. The fraction of sp³-hybridized carbons (Fsp3) is 0.333. The van der Waals surface area contributed by atoms with Crippen molar-refractivity contribution < 1.29 is 19.1 Å². The standard InChI is InChI=1S/C24H26N2O4/c1-14-7-8-15(2)16(11-14)12-26-18-5-4-6-20(30-13-21(27)29-3)23(18)22-17(24(25)28)9-10-19(22)26/h4-8,11,17H,9-10,12-13H2,1-3H3,(H2,25,28). The number of rotatable bonds is 6. The summed E-state index contributed by atoms with van der Waals surface area (Å²) >= 11 is 0. The van der Waals surface area contributed by atoms with E-state index in [0.29, 0.717) is 18.7 Å². The Morgan fingerprint density at radius 3 is 2.73 bits per heavy atom. The van der Waals surface area contributed by atoms with Gasteiger partial charge in [-0.3, -0.25) is 4.79 Å². The van der Waals surface area contributed by atoms with Crippen molar-refractivity contribution in [2.75, 3.05) is 13.7 Å². The topological polar surface area (TPSA) is 83.6 Å². The predicted molar refractivity (Wildman–Crippen MR) is 115 cm³/mol. The van der Waals surface area contributed by atoms with E-state index in [1.54, 1.807) is 0 Å². The zero-order valence-electron chi connectivity index (χ0n) is 17.5. The minimum absolute atomic E-state index is 0.187.